The van der Waals surface area contributed by atoms with Gasteiger partial charge in [-0.15, -0.1) is 20.5 Å². The van der Waals surface area contributed by atoms with E-state index in [1.54, 1.807) is 17.0 Å². The molecule has 0 saturated heterocycles. The number of halogens is 2. The summed E-state index contributed by atoms with van der Waals surface area (Å²) in [6, 6.07) is 16.4. The summed E-state index contributed by atoms with van der Waals surface area (Å²) in [5.41, 5.74) is 3.47. The van der Waals surface area contributed by atoms with Gasteiger partial charge < -0.3 is 35.5 Å². The number of rotatable bonds is 21. The van der Waals surface area contributed by atoms with Crippen molar-refractivity contribution in [1.29, 1.82) is 0 Å². The maximum Gasteiger partial charge on any atom is 0.297 e. The molecule has 0 aliphatic rings. The van der Waals surface area contributed by atoms with Crippen LogP contribution >= 0.6 is 45.9 Å². The Hall–Kier alpha value is -5.81. The summed E-state index contributed by atoms with van der Waals surface area (Å²) >= 11 is 14.0. The van der Waals surface area contributed by atoms with Gasteiger partial charge in [-0.05, 0) is 88.4 Å². The third-order valence-corrected chi connectivity index (χ3v) is 15.2. The van der Waals surface area contributed by atoms with Crippen molar-refractivity contribution < 1.29 is 36.2 Å². The highest BCUT2D eigenvalue weighted by atomic mass is 35.5. The number of nitrogens with zero attached hydrogens (tertiary/aromatic N) is 12. The number of hydrogen-bond acceptors (Lipinski definition) is 22. The first-order chi connectivity index (χ1) is 33.0. The van der Waals surface area contributed by atoms with Crippen LogP contribution in [0, 0.1) is 0 Å². The SMILES string of the molecule is CCN(CC)c1ccc(/N=N/c2nc3ccc(Cl)c(S(=O)(=O)O)c3s2)c(Nc2nc(Nc3cc(N(CC)CC)ccc3/N=N/c3nc4ccc(Cl)c(S(=O)(=O)O)c4s3)nc(N(CCO)CCO)n2)c1. The predicted octanol–water partition coefficient (Wildman–Crippen LogP) is 9.69. The number of hydrogen-bond donors (Lipinski definition) is 6. The van der Waals surface area contributed by atoms with Crippen LogP contribution in [-0.2, 0) is 20.2 Å². The minimum absolute atomic E-state index is 0.00907. The third-order valence-electron chi connectivity index (χ3n) is 10.3. The van der Waals surface area contributed by atoms with E-state index in [0.29, 0.717) is 48.9 Å². The molecule has 69 heavy (non-hydrogen) atoms. The van der Waals surface area contributed by atoms with Crippen LogP contribution < -0.4 is 25.3 Å². The van der Waals surface area contributed by atoms with Crippen molar-refractivity contribution in [3.63, 3.8) is 0 Å². The number of anilines is 7. The van der Waals surface area contributed by atoms with Gasteiger partial charge >= 0.3 is 0 Å². The van der Waals surface area contributed by atoms with Crippen molar-refractivity contribution in [2.24, 2.45) is 20.5 Å². The second kappa shape index (κ2) is 21.9. The van der Waals surface area contributed by atoms with E-state index in [1.165, 1.54) is 24.3 Å². The molecule has 0 aliphatic carbocycles. The van der Waals surface area contributed by atoms with Crippen LogP contribution in [0.5, 0.6) is 0 Å². The van der Waals surface area contributed by atoms with Gasteiger partial charge in [0.05, 0.1) is 55.1 Å². The molecular weight excluding hydrogens is 1020 g/mol. The van der Waals surface area contributed by atoms with E-state index in [4.69, 9.17) is 28.2 Å². The van der Waals surface area contributed by atoms with Crippen molar-refractivity contribution in [3.05, 3.63) is 70.7 Å². The highest BCUT2D eigenvalue weighted by Crippen LogP contribution is 2.41. The number of aromatic nitrogens is 5. The first-order valence-corrected chi connectivity index (χ1v) is 26.3. The standard InChI is InChI=1S/C41H44Cl2N14O8S4/c1-5-55(6-2)23-9-13-27(51-53-40-46-29-15-11-25(42)35(33(29)66-40)68(60,61)62)31(21-23)44-37-48-38(50-39(49-37)57(17-19-58)18-20-59)45-32-22-24(56(7-3)8-4)10-14-28(32)52-54-41-47-30-16-12-26(43)36(34(30)67-41)69(63,64)65/h9-16,21-22,58-59H,5-8,17-20H2,1-4H3,(H,60,61,62)(H,63,64,65)(H2,44,45,48,49,50)/b53-51+,54-52+. The summed E-state index contributed by atoms with van der Waals surface area (Å²) in [5, 5.41) is 43.9. The topological polar surface area (TPSA) is 297 Å². The lowest BCUT2D eigenvalue weighted by molar-refractivity contribution is 0.280. The van der Waals surface area contributed by atoms with E-state index < -0.39 is 30.0 Å². The van der Waals surface area contributed by atoms with Crippen LogP contribution in [0.3, 0.4) is 0 Å². The van der Waals surface area contributed by atoms with Gasteiger partial charge in [0.1, 0.15) is 21.2 Å². The Balaban J connectivity index is 1.32. The van der Waals surface area contributed by atoms with E-state index in [1.807, 2.05) is 52.0 Å². The molecule has 0 fully saturated rings. The Morgan fingerprint density at radius 1 is 0.565 bits per heavy atom. The summed E-state index contributed by atoms with van der Waals surface area (Å²) in [5.74, 6) is 0.0967. The Kier molecular flexibility index (Phi) is 16.2. The first kappa shape index (κ1) is 51.1. The summed E-state index contributed by atoms with van der Waals surface area (Å²) < 4.78 is 68.8. The zero-order valence-corrected chi connectivity index (χ0v) is 41.9. The van der Waals surface area contributed by atoms with E-state index in [0.717, 1.165) is 34.0 Å². The molecule has 3 heterocycles. The van der Waals surface area contributed by atoms with Gasteiger partial charge in [-0.25, -0.2) is 9.97 Å². The van der Waals surface area contributed by atoms with Crippen molar-refractivity contribution in [2.45, 2.75) is 37.5 Å². The minimum atomic E-state index is -4.70. The Labute approximate surface area is 414 Å². The summed E-state index contributed by atoms with van der Waals surface area (Å²) in [4.78, 5) is 27.7. The number of nitrogens with one attached hydrogen (secondary N) is 2. The molecule has 0 bridgehead atoms. The van der Waals surface area contributed by atoms with E-state index in [-0.39, 0.29) is 84.9 Å². The van der Waals surface area contributed by atoms with E-state index in [2.05, 4.69) is 60.8 Å². The van der Waals surface area contributed by atoms with Crippen molar-refractivity contribution in [3.8, 4) is 0 Å². The lowest BCUT2D eigenvalue weighted by Crippen LogP contribution is -2.31. The molecule has 364 valence electrons. The summed E-state index contributed by atoms with van der Waals surface area (Å²) in [6.45, 7) is 10.2. The summed E-state index contributed by atoms with van der Waals surface area (Å²) in [7, 11) is -9.39. The zero-order chi connectivity index (χ0) is 49.6. The van der Waals surface area contributed by atoms with Gasteiger partial charge in [-0.3, -0.25) is 9.11 Å². The fourth-order valence-corrected chi connectivity index (χ4v) is 11.9. The van der Waals surface area contributed by atoms with Gasteiger partial charge in [0.25, 0.3) is 20.2 Å². The fourth-order valence-electron chi connectivity index (χ4n) is 7.03. The van der Waals surface area contributed by atoms with Crippen LogP contribution in [0.1, 0.15) is 27.7 Å². The molecule has 0 spiro atoms. The number of aliphatic hydroxyl groups excluding tert-OH is 2. The number of aliphatic hydroxyl groups is 2. The second-order valence-corrected chi connectivity index (χ2v) is 20.0. The summed E-state index contributed by atoms with van der Waals surface area (Å²) in [6.07, 6.45) is 0. The van der Waals surface area contributed by atoms with Crippen LogP contribution in [0.25, 0.3) is 20.4 Å². The van der Waals surface area contributed by atoms with Gasteiger partial charge in [0, 0.05) is 50.6 Å². The molecule has 4 aromatic carbocycles. The third kappa shape index (κ3) is 11.8. The van der Waals surface area contributed by atoms with Crippen molar-refractivity contribution in [2.75, 3.05) is 77.8 Å². The molecule has 0 saturated carbocycles. The predicted molar refractivity (Wildman–Crippen MR) is 270 cm³/mol. The minimum Gasteiger partial charge on any atom is -0.395 e. The fraction of sp³-hybridized carbons (Fsp3) is 0.293. The average molecular weight is 1060 g/mol. The lowest BCUT2D eigenvalue weighted by Gasteiger charge is -2.24. The molecule has 6 N–H and O–H groups in total. The number of thiazole rings is 2. The molecule has 22 nitrogen and oxygen atoms in total. The van der Waals surface area contributed by atoms with E-state index >= 15 is 0 Å². The Morgan fingerprint density at radius 2 is 0.971 bits per heavy atom. The van der Waals surface area contributed by atoms with Gasteiger partial charge in [-0.1, -0.05) is 45.9 Å². The van der Waals surface area contributed by atoms with Crippen LogP contribution in [-0.4, -0.2) is 114 Å². The molecule has 3 aromatic heterocycles. The van der Waals surface area contributed by atoms with Gasteiger partial charge in [0.2, 0.25) is 28.1 Å². The van der Waals surface area contributed by atoms with Crippen LogP contribution in [0.4, 0.5) is 62.2 Å². The zero-order valence-electron chi connectivity index (χ0n) is 37.1. The molecule has 0 unspecified atom stereocenters. The van der Waals surface area contributed by atoms with Crippen molar-refractivity contribution >= 4 is 149 Å². The molecule has 28 heteroatoms. The number of benzene rings is 4. The van der Waals surface area contributed by atoms with Gasteiger partial charge in [0.15, 0.2) is 0 Å². The maximum atomic E-state index is 12.2. The lowest BCUT2D eigenvalue weighted by atomic mass is 10.2. The quantitative estimate of drug-likeness (QED) is 0.0288. The molecular formula is C41H44Cl2N14O8S4. The second-order valence-electron chi connectivity index (χ2n) is 14.5. The van der Waals surface area contributed by atoms with Crippen molar-refractivity contribution in [1.82, 2.24) is 24.9 Å². The van der Waals surface area contributed by atoms with E-state index in [9.17, 15) is 36.2 Å². The largest absolute Gasteiger partial charge is 0.395 e. The average Bonchev–Trinajstić information content (AvgIpc) is 3.91. The highest BCUT2D eigenvalue weighted by Gasteiger charge is 2.24. The Bertz CT molecular complexity index is 3090. The number of azo groups is 2. The number of fused-ring (bicyclic) bond motifs is 2. The van der Waals surface area contributed by atoms with Crippen LogP contribution in [0.15, 0.2) is 90.9 Å². The molecule has 0 amide bonds. The molecule has 0 radical (unpaired) electrons. The first-order valence-electron chi connectivity index (χ1n) is 21.0. The molecule has 7 rings (SSSR count). The molecule has 0 aliphatic heterocycles. The van der Waals surface area contributed by atoms with Gasteiger partial charge in [-0.2, -0.15) is 31.8 Å². The molecule has 0 atom stereocenters. The maximum absolute atomic E-state index is 12.2. The smallest absolute Gasteiger partial charge is 0.297 e. The molecule has 7 aromatic rings. The normalized spacial score (nSPS) is 12.2. The monoisotopic (exact) mass is 1060 g/mol. The van der Waals surface area contributed by atoms with Crippen LogP contribution in [0.2, 0.25) is 10.0 Å². The highest BCUT2D eigenvalue weighted by molar-refractivity contribution is 7.86. The Morgan fingerprint density at radius 3 is 1.33 bits per heavy atom.